The zero-order valence-electron chi connectivity index (χ0n) is 6.98. The van der Waals surface area contributed by atoms with E-state index in [4.69, 9.17) is 4.74 Å². The first-order valence-corrected chi connectivity index (χ1v) is 3.65. The molecule has 0 aliphatic rings. The second-order valence-electron chi connectivity index (χ2n) is 2.52. The van der Waals surface area contributed by atoms with Crippen molar-refractivity contribution in [2.24, 2.45) is 7.05 Å². The minimum absolute atomic E-state index is 0.764. The Labute approximate surface area is 69.8 Å². The maximum absolute atomic E-state index is 5.12. The summed E-state index contributed by atoms with van der Waals surface area (Å²) in [5, 5.41) is 8.31. The van der Waals surface area contributed by atoms with Crippen molar-refractivity contribution in [3.8, 4) is 5.75 Å². The molecule has 1 aromatic carbocycles. The van der Waals surface area contributed by atoms with Crippen LogP contribution in [0.25, 0.3) is 11.0 Å². The molecule has 62 valence electrons. The number of hydrogen-bond acceptors (Lipinski definition) is 3. The number of benzene rings is 1. The molecule has 4 heteroatoms. The normalized spacial score (nSPS) is 10.5. The number of methoxy groups -OCH3 is 1. The molecule has 0 radical (unpaired) electrons. The number of fused-ring (bicyclic) bond motifs is 1. The number of aryl methyl sites for hydroxylation is 1. The van der Waals surface area contributed by atoms with E-state index >= 15 is 0 Å². The van der Waals surface area contributed by atoms with Gasteiger partial charge in [0.15, 0.2) is 5.52 Å². The molecule has 0 amide bonds. The molecule has 0 saturated heterocycles. The van der Waals surface area contributed by atoms with Crippen LogP contribution in [0.2, 0.25) is 0 Å². The van der Waals surface area contributed by atoms with Crippen LogP contribution in [0.5, 0.6) is 5.75 Å². The predicted molar refractivity (Wildman–Crippen MR) is 45.1 cm³/mol. The largest absolute Gasteiger partial charge is 0.494 e. The Kier molecular flexibility index (Phi) is 1.46. The first kappa shape index (κ1) is 7.09. The van der Waals surface area contributed by atoms with E-state index in [1.165, 1.54) is 4.80 Å². The van der Waals surface area contributed by atoms with E-state index in [0.717, 1.165) is 16.8 Å². The van der Waals surface area contributed by atoms with Crippen molar-refractivity contribution in [2.75, 3.05) is 7.11 Å². The van der Waals surface area contributed by atoms with Crippen molar-refractivity contribution in [1.29, 1.82) is 0 Å². The highest BCUT2D eigenvalue weighted by atomic mass is 16.5. The summed E-state index contributed by atoms with van der Waals surface area (Å²) < 4.78 is 5.12. The monoisotopic (exact) mass is 163 g/mol. The van der Waals surface area contributed by atoms with Gasteiger partial charge in [-0.1, -0.05) is 6.07 Å². The summed E-state index contributed by atoms with van der Waals surface area (Å²) in [7, 11) is 3.42. The van der Waals surface area contributed by atoms with Gasteiger partial charge in [-0.05, 0) is 12.1 Å². The summed E-state index contributed by atoms with van der Waals surface area (Å²) in [6, 6.07) is 5.68. The maximum atomic E-state index is 5.12. The third-order valence-electron chi connectivity index (χ3n) is 1.69. The average molecular weight is 163 g/mol. The summed E-state index contributed by atoms with van der Waals surface area (Å²) in [5.74, 6) is 0.764. The van der Waals surface area contributed by atoms with Gasteiger partial charge in [-0.25, -0.2) is 0 Å². The van der Waals surface area contributed by atoms with Crippen LogP contribution < -0.4 is 4.74 Å². The number of ether oxygens (including phenoxy) is 1. The van der Waals surface area contributed by atoms with Gasteiger partial charge in [-0.2, -0.15) is 9.90 Å². The van der Waals surface area contributed by atoms with Crippen molar-refractivity contribution in [3.63, 3.8) is 0 Å². The van der Waals surface area contributed by atoms with E-state index in [1.54, 1.807) is 14.2 Å². The average Bonchev–Trinajstić information content (AvgIpc) is 2.44. The van der Waals surface area contributed by atoms with Crippen LogP contribution in [0.1, 0.15) is 0 Å². The van der Waals surface area contributed by atoms with E-state index in [0.29, 0.717) is 0 Å². The van der Waals surface area contributed by atoms with Crippen molar-refractivity contribution in [1.82, 2.24) is 15.0 Å². The zero-order chi connectivity index (χ0) is 8.55. The summed E-state index contributed by atoms with van der Waals surface area (Å²) >= 11 is 0. The molecule has 0 saturated carbocycles. The molecule has 1 heterocycles. The molecule has 0 aliphatic heterocycles. The minimum Gasteiger partial charge on any atom is -0.494 e. The molecule has 0 aliphatic carbocycles. The second-order valence-corrected chi connectivity index (χ2v) is 2.52. The highest BCUT2D eigenvalue weighted by molar-refractivity contribution is 5.80. The fourth-order valence-electron chi connectivity index (χ4n) is 1.18. The number of hydrogen-bond donors (Lipinski definition) is 0. The van der Waals surface area contributed by atoms with Gasteiger partial charge >= 0.3 is 0 Å². The summed E-state index contributed by atoms with van der Waals surface area (Å²) in [6.45, 7) is 0. The molecule has 0 fully saturated rings. The Hall–Kier alpha value is -1.58. The van der Waals surface area contributed by atoms with E-state index < -0.39 is 0 Å². The van der Waals surface area contributed by atoms with Crippen molar-refractivity contribution in [3.05, 3.63) is 18.2 Å². The predicted octanol–water partition coefficient (Wildman–Crippen LogP) is 0.977. The molecule has 0 N–H and O–H groups in total. The standard InChI is InChI=1S/C8H9N3O/c1-11-9-6-4-3-5-7(12-2)8(6)10-11/h3-5H,1-2H3. The van der Waals surface area contributed by atoms with E-state index in [1.807, 2.05) is 18.2 Å². The number of aromatic nitrogens is 3. The summed E-state index contributed by atoms with van der Waals surface area (Å²) in [5.41, 5.74) is 1.67. The lowest BCUT2D eigenvalue weighted by atomic mass is 10.3. The topological polar surface area (TPSA) is 39.9 Å². The van der Waals surface area contributed by atoms with Gasteiger partial charge in [0, 0.05) is 7.05 Å². The molecule has 2 rings (SSSR count). The molecule has 0 unspecified atom stereocenters. The fraction of sp³-hybridized carbons (Fsp3) is 0.250. The van der Waals surface area contributed by atoms with Gasteiger partial charge in [-0.15, -0.1) is 5.10 Å². The molecular formula is C8H9N3O. The Balaban J connectivity index is 2.78. The molecule has 12 heavy (non-hydrogen) atoms. The molecule has 0 atom stereocenters. The smallest absolute Gasteiger partial charge is 0.155 e. The highest BCUT2D eigenvalue weighted by Gasteiger charge is 2.04. The van der Waals surface area contributed by atoms with Crippen molar-refractivity contribution < 1.29 is 4.74 Å². The van der Waals surface area contributed by atoms with Gasteiger partial charge in [0.1, 0.15) is 11.3 Å². The Morgan fingerprint density at radius 3 is 2.92 bits per heavy atom. The van der Waals surface area contributed by atoms with E-state index in [2.05, 4.69) is 10.2 Å². The van der Waals surface area contributed by atoms with Gasteiger partial charge in [0.25, 0.3) is 0 Å². The summed E-state index contributed by atoms with van der Waals surface area (Å²) in [6.07, 6.45) is 0. The lowest BCUT2D eigenvalue weighted by molar-refractivity contribution is 0.418. The molecule has 0 spiro atoms. The van der Waals surface area contributed by atoms with Crippen LogP contribution in [-0.4, -0.2) is 22.1 Å². The van der Waals surface area contributed by atoms with Gasteiger partial charge in [0.05, 0.1) is 7.11 Å². The SMILES string of the molecule is COc1cccc2nn(C)nc12. The first-order valence-electron chi connectivity index (χ1n) is 3.65. The van der Waals surface area contributed by atoms with Crippen LogP contribution in [-0.2, 0) is 7.05 Å². The van der Waals surface area contributed by atoms with Gasteiger partial charge < -0.3 is 4.74 Å². The fourth-order valence-corrected chi connectivity index (χ4v) is 1.18. The second kappa shape index (κ2) is 2.48. The van der Waals surface area contributed by atoms with Gasteiger partial charge in [0.2, 0.25) is 0 Å². The Bertz CT molecular complexity index is 408. The Morgan fingerprint density at radius 2 is 2.17 bits per heavy atom. The van der Waals surface area contributed by atoms with Crippen molar-refractivity contribution in [2.45, 2.75) is 0 Å². The van der Waals surface area contributed by atoms with Crippen molar-refractivity contribution >= 4 is 11.0 Å². The molecular weight excluding hydrogens is 154 g/mol. The number of nitrogens with zero attached hydrogens (tertiary/aromatic N) is 3. The first-order chi connectivity index (χ1) is 5.81. The van der Waals surface area contributed by atoms with Gasteiger partial charge in [-0.3, -0.25) is 0 Å². The van der Waals surface area contributed by atoms with Crippen LogP contribution in [0.4, 0.5) is 0 Å². The van der Waals surface area contributed by atoms with Crippen LogP contribution in [0.15, 0.2) is 18.2 Å². The molecule has 0 bridgehead atoms. The molecule has 4 nitrogen and oxygen atoms in total. The lowest BCUT2D eigenvalue weighted by Crippen LogP contribution is -1.91. The van der Waals surface area contributed by atoms with E-state index in [9.17, 15) is 0 Å². The zero-order valence-corrected chi connectivity index (χ0v) is 6.98. The van der Waals surface area contributed by atoms with Crippen LogP contribution >= 0.6 is 0 Å². The molecule has 1 aromatic heterocycles. The lowest BCUT2D eigenvalue weighted by Gasteiger charge is -1.96. The van der Waals surface area contributed by atoms with Crippen LogP contribution in [0, 0.1) is 0 Å². The van der Waals surface area contributed by atoms with Crippen LogP contribution in [0.3, 0.4) is 0 Å². The third kappa shape index (κ3) is 0.922. The quantitative estimate of drug-likeness (QED) is 0.629. The minimum atomic E-state index is 0.764. The Morgan fingerprint density at radius 1 is 1.33 bits per heavy atom. The molecule has 2 aromatic rings. The van der Waals surface area contributed by atoms with E-state index in [-0.39, 0.29) is 0 Å². The highest BCUT2D eigenvalue weighted by Crippen LogP contribution is 2.20. The number of rotatable bonds is 1. The maximum Gasteiger partial charge on any atom is 0.155 e. The summed E-state index contributed by atoms with van der Waals surface area (Å²) in [4.78, 5) is 1.53. The third-order valence-corrected chi connectivity index (χ3v) is 1.69.